The van der Waals surface area contributed by atoms with E-state index >= 15 is 0 Å². The van der Waals surface area contributed by atoms with Gasteiger partial charge in [0.2, 0.25) is 5.13 Å². The first-order chi connectivity index (χ1) is 8.15. The fraction of sp³-hybridized carbons (Fsp3) is 0.333. The monoisotopic (exact) mass is 270 g/mol. The van der Waals surface area contributed by atoms with Crippen molar-refractivity contribution in [3.8, 4) is 0 Å². The van der Waals surface area contributed by atoms with Gasteiger partial charge in [0.1, 0.15) is 5.01 Å². The van der Waals surface area contributed by atoms with Crippen LogP contribution in [0.2, 0.25) is 0 Å². The van der Waals surface area contributed by atoms with Crippen molar-refractivity contribution in [1.29, 1.82) is 0 Å². The summed E-state index contributed by atoms with van der Waals surface area (Å²) < 4.78 is 0. The van der Waals surface area contributed by atoms with Gasteiger partial charge < -0.3 is 10.4 Å². The minimum atomic E-state index is -0.986. The van der Waals surface area contributed by atoms with E-state index in [0.717, 1.165) is 15.1 Å². The lowest BCUT2D eigenvalue weighted by Gasteiger charge is -1.98. The summed E-state index contributed by atoms with van der Waals surface area (Å²) in [7, 11) is 0. The van der Waals surface area contributed by atoms with Gasteiger partial charge in [0.25, 0.3) is 0 Å². The molecule has 2 rings (SSSR count). The zero-order valence-electron chi connectivity index (χ0n) is 9.01. The van der Waals surface area contributed by atoms with Crippen LogP contribution in [0, 0.1) is 6.92 Å². The minimum Gasteiger partial charge on any atom is -0.476 e. The lowest BCUT2D eigenvalue weighted by atomic mass is 10.4. The topological polar surface area (TPSA) is 88.0 Å². The molecule has 2 aromatic heterocycles. The van der Waals surface area contributed by atoms with Crippen molar-refractivity contribution in [2.75, 3.05) is 11.9 Å². The van der Waals surface area contributed by atoms with Crippen LogP contribution in [-0.2, 0) is 6.42 Å². The molecule has 0 spiro atoms. The van der Waals surface area contributed by atoms with E-state index in [2.05, 4.69) is 20.5 Å². The molecule has 2 N–H and O–H groups in total. The van der Waals surface area contributed by atoms with Crippen molar-refractivity contribution < 1.29 is 9.90 Å². The van der Waals surface area contributed by atoms with Gasteiger partial charge in [-0.2, -0.15) is 0 Å². The first kappa shape index (κ1) is 11.9. The zero-order chi connectivity index (χ0) is 12.3. The third-order valence-electron chi connectivity index (χ3n) is 1.91. The molecule has 0 aliphatic carbocycles. The van der Waals surface area contributed by atoms with E-state index in [9.17, 15) is 4.79 Å². The van der Waals surface area contributed by atoms with Crippen molar-refractivity contribution in [3.63, 3.8) is 0 Å². The number of carboxylic acids is 1. The third-order valence-corrected chi connectivity index (χ3v) is 3.62. The molecule has 0 saturated heterocycles. The number of aryl methyl sites for hydroxylation is 1. The summed E-state index contributed by atoms with van der Waals surface area (Å²) in [5.74, 6) is -0.986. The first-order valence-corrected chi connectivity index (χ1v) is 6.56. The Hall–Kier alpha value is -1.54. The Kier molecular flexibility index (Phi) is 3.64. The predicted molar refractivity (Wildman–Crippen MR) is 65.9 cm³/mol. The number of carboxylic acid groups (broad SMARTS) is 1. The van der Waals surface area contributed by atoms with Crippen LogP contribution in [0.3, 0.4) is 0 Å². The largest absolute Gasteiger partial charge is 0.476 e. The molecule has 0 aliphatic rings. The number of nitrogens with zero attached hydrogens (tertiary/aromatic N) is 3. The van der Waals surface area contributed by atoms with Gasteiger partial charge in [-0.1, -0.05) is 11.3 Å². The van der Waals surface area contributed by atoms with Gasteiger partial charge in [-0.25, -0.2) is 9.78 Å². The average Bonchev–Trinajstić information content (AvgIpc) is 2.88. The average molecular weight is 270 g/mol. The van der Waals surface area contributed by atoms with Crippen molar-refractivity contribution in [2.24, 2.45) is 0 Å². The van der Waals surface area contributed by atoms with E-state index in [-0.39, 0.29) is 5.69 Å². The molecule has 0 aliphatic heterocycles. The summed E-state index contributed by atoms with van der Waals surface area (Å²) in [6.07, 6.45) is 0.677. The lowest BCUT2D eigenvalue weighted by Crippen LogP contribution is -2.05. The number of carbonyl (C=O) groups is 1. The molecule has 2 heterocycles. The number of anilines is 1. The van der Waals surface area contributed by atoms with Gasteiger partial charge in [0, 0.05) is 18.3 Å². The first-order valence-electron chi connectivity index (χ1n) is 4.87. The number of nitrogens with one attached hydrogen (secondary N) is 1. The Bertz CT molecular complexity index is 523. The molecule has 0 unspecified atom stereocenters. The van der Waals surface area contributed by atoms with Crippen molar-refractivity contribution >= 4 is 33.8 Å². The number of hydrogen-bond donors (Lipinski definition) is 2. The standard InChI is InChI=1S/C9H10N4O2S2/c1-5-12-13-9(17-5)10-3-2-7-11-6(4-16-7)8(14)15/h4H,2-3H2,1H3,(H,10,13)(H,14,15). The van der Waals surface area contributed by atoms with E-state index in [1.807, 2.05) is 6.92 Å². The highest BCUT2D eigenvalue weighted by atomic mass is 32.1. The molecule has 0 radical (unpaired) electrons. The number of aromatic nitrogens is 3. The van der Waals surface area contributed by atoms with Gasteiger partial charge in [-0.15, -0.1) is 21.5 Å². The maximum Gasteiger partial charge on any atom is 0.355 e. The summed E-state index contributed by atoms with van der Waals surface area (Å²) in [5.41, 5.74) is 0.108. The molecule has 0 bridgehead atoms. The summed E-state index contributed by atoms with van der Waals surface area (Å²) in [5, 5.41) is 23.7. The molecule has 2 aromatic rings. The zero-order valence-corrected chi connectivity index (χ0v) is 10.6. The van der Waals surface area contributed by atoms with E-state index in [1.54, 1.807) is 5.38 Å². The maximum absolute atomic E-state index is 10.6. The van der Waals surface area contributed by atoms with Crippen LogP contribution in [0.25, 0.3) is 0 Å². The van der Waals surface area contributed by atoms with E-state index < -0.39 is 5.97 Å². The molecule has 0 atom stereocenters. The van der Waals surface area contributed by atoms with Gasteiger partial charge in [-0.05, 0) is 6.92 Å². The fourth-order valence-electron chi connectivity index (χ4n) is 1.17. The number of rotatable bonds is 5. The maximum atomic E-state index is 10.6. The van der Waals surface area contributed by atoms with Crippen LogP contribution >= 0.6 is 22.7 Å². The van der Waals surface area contributed by atoms with Crippen LogP contribution in [0.1, 0.15) is 20.5 Å². The molecular weight excluding hydrogens is 260 g/mol. The quantitative estimate of drug-likeness (QED) is 0.859. The Labute approximate surface area is 105 Å². The van der Waals surface area contributed by atoms with E-state index in [0.29, 0.717) is 13.0 Å². The summed E-state index contributed by atoms with van der Waals surface area (Å²) >= 11 is 2.84. The molecular formula is C9H10N4O2S2. The van der Waals surface area contributed by atoms with Crippen LogP contribution < -0.4 is 5.32 Å². The number of thiazole rings is 1. The summed E-state index contributed by atoms with van der Waals surface area (Å²) in [6, 6.07) is 0. The van der Waals surface area contributed by atoms with Crippen LogP contribution in [0.4, 0.5) is 5.13 Å². The van der Waals surface area contributed by atoms with Crippen molar-refractivity contribution in [2.45, 2.75) is 13.3 Å². The predicted octanol–water partition coefficient (Wildman–Crippen LogP) is 1.66. The van der Waals surface area contributed by atoms with Gasteiger partial charge in [0.15, 0.2) is 5.69 Å². The second-order valence-corrected chi connectivity index (χ2v) is 5.36. The van der Waals surface area contributed by atoms with Gasteiger partial charge in [-0.3, -0.25) is 0 Å². The molecule has 0 saturated carbocycles. The number of aromatic carboxylic acids is 1. The highest BCUT2D eigenvalue weighted by Gasteiger charge is 2.08. The summed E-state index contributed by atoms with van der Waals surface area (Å²) in [4.78, 5) is 14.6. The molecule has 0 amide bonds. The fourth-order valence-corrected chi connectivity index (χ4v) is 2.56. The SMILES string of the molecule is Cc1nnc(NCCc2nc(C(=O)O)cs2)s1. The smallest absolute Gasteiger partial charge is 0.355 e. The Morgan fingerprint density at radius 1 is 1.53 bits per heavy atom. The van der Waals surface area contributed by atoms with Gasteiger partial charge in [0.05, 0.1) is 5.01 Å². The molecule has 90 valence electrons. The highest BCUT2D eigenvalue weighted by Crippen LogP contribution is 2.14. The van der Waals surface area contributed by atoms with Crippen molar-refractivity contribution in [1.82, 2.24) is 15.2 Å². The minimum absolute atomic E-state index is 0.108. The Balaban J connectivity index is 1.83. The van der Waals surface area contributed by atoms with E-state index in [1.165, 1.54) is 22.7 Å². The molecule has 6 nitrogen and oxygen atoms in total. The Morgan fingerprint density at radius 3 is 2.94 bits per heavy atom. The highest BCUT2D eigenvalue weighted by molar-refractivity contribution is 7.15. The van der Waals surface area contributed by atoms with Crippen LogP contribution in [0.15, 0.2) is 5.38 Å². The molecule has 17 heavy (non-hydrogen) atoms. The van der Waals surface area contributed by atoms with Crippen LogP contribution in [-0.4, -0.2) is 32.8 Å². The van der Waals surface area contributed by atoms with E-state index in [4.69, 9.17) is 5.11 Å². The number of hydrogen-bond acceptors (Lipinski definition) is 7. The van der Waals surface area contributed by atoms with Crippen molar-refractivity contribution in [3.05, 3.63) is 21.1 Å². The van der Waals surface area contributed by atoms with Gasteiger partial charge >= 0.3 is 5.97 Å². The third kappa shape index (κ3) is 3.21. The normalized spacial score (nSPS) is 10.4. The second-order valence-electron chi connectivity index (χ2n) is 3.23. The Morgan fingerprint density at radius 2 is 2.35 bits per heavy atom. The van der Waals surface area contributed by atoms with Crippen LogP contribution in [0.5, 0.6) is 0 Å². The second kappa shape index (κ2) is 5.19. The molecule has 0 fully saturated rings. The molecule has 0 aromatic carbocycles. The molecule has 8 heteroatoms. The lowest BCUT2D eigenvalue weighted by molar-refractivity contribution is 0.0691. The summed E-state index contributed by atoms with van der Waals surface area (Å²) in [6.45, 7) is 2.56.